The van der Waals surface area contributed by atoms with Crippen molar-refractivity contribution in [2.24, 2.45) is 0 Å². The molecular formula is C27H22N2O6. The first-order valence-electron chi connectivity index (χ1n) is 10.8. The van der Waals surface area contributed by atoms with E-state index in [1.807, 2.05) is 36.4 Å². The predicted octanol–water partition coefficient (Wildman–Crippen LogP) is 4.96. The number of carbonyl (C=O) groups is 2. The fourth-order valence-corrected chi connectivity index (χ4v) is 3.79. The lowest BCUT2D eigenvalue weighted by atomic mass is 9.92. The van der Waals surface area contributed by atoms with Crippen molar-refractivity contribution in [3.63, 3.8) is 0 Å². The summed E-state index contributed by atoms with van der Waals surface area (Å²) in [5, 5.41) is 15.6. The van der Waals surface area contributed by atoms with E-state index in [1.54, 1.807) is 42.5 Å². The number of fused-ring (bicyclic) bond motifs is 1. The normalized spacial score (nSPS) is 11.5. The summed E-state index contributed by atoms with van der Waals surface area (Å²) in [5.74, 6) is -0.144. The molecule has 4 aromatic carbocycles. The third kappa shape index (κ3) is 5.62. The van der Waals surface area contributed by atoms with Gasteiger partial charge in [0.1, 0.15) is 11.5 Å². The first-order chi connectivity index (χ1) is 16.9. The summed E-state index contributed by atoms with van der Waals surface area (Å²) in [5.41, 5.74) is 1.08. The SMILES string of the molecule is CC(=O)N[C@@H](c1ccc([N+](=O)[O-])cc1)c1c(OC(=O)COc2ccccc2)ccc2ccccc12. The number of nitro benzene ring substituents is 1. The Morgan fingerprint density at radius 3 is 2.29 bits per heavy atom. The summed E-state index contributed by atoms with van der Waals surface area (Å²) in [6, 6.07) is 25.0. The molecule has 0 aliphatic carbocycles. The fraction of sp³-hybridized carbons (Fsp3) is 0.111. The second-order valence-electron chi connectivity index (χ2n) is 7.76. The molecule has 0 saturated heterocycles. The largest absolute Gasteiger partial charge is 0.482 e. The van der Waals surface area contributed by atoms with E-state index in [4.69, 9.17) is 9.47 Å². The number of rotatable bonds is 8. The Morgan fingerprint density at radius 2 is 1.60 bits per heavy atom. The number of hydrogen-bond donors (Lipinski definition) is 1. The molecule has 0 heterocycles. The number of para-hydroxylation sites is 1. The summed E-state index contributed by atoms with van der Waals surface area (Å²) >= 11 is 0. The van der Waals surface area contributed by atoms with E-state index in [0.717, 1.165) is 10.8 Å². The van der Waals surface area contributed by atoms with E-state index in [1.165, 1.54) is 19.1 Å². The van der Waals surface area contributed by atoms with Gasteiger partial charge >= 0.3 is 5.97 Å². The highest BCUT2D eigenvalue weighted by molar-refractivity contribution is 5.90. The zero-order chi connectivity index (χ0) is 24.8. The van der Waals surface area contributed by atoms with Crippen LogP contribution < -0.4 is 14.8 Å². The molecule has 0 radical (unpaired) electrons. The van der Waals surface area contributed by atoms with E-state index in [2.05, 4.69) is 5.32 Å². The van der Waals surface area contributed by atoms with Crippen LogP contribution in [0.15, 0.2) is 91.0 Å². The fourth-order valence-electron chi connectivity index (χ4n) is 3.79. The van der Waals surface area contributed by atoms with Crippen LogP contribution in [0.2, 0.25) is 0 Å². The number of non-ortho nitro benzene ring substituents is 1. The van der Waals surface area contributed by atoms with E-state index >= 15 is 0 Å². The van der Waals surface area contributed by atoms with Gasteiger partial charge in [0.05, 0.1) is 11.0 Å². The van der Waals surface area contributed by atoms with Gasteiger partial charge in [0.15, 0.2) is 6.61 Å². The lowest BCUT2D eigenvalue weighted by molar-refractivity contribution is -0.384. The maximum absolute atomic E-state index is 12.7. The number of benzene rings is 4. The number of nitro groups is 1. The van der Waals surface area contributed by atoms with Crippen LogP contribution in [0.5, 0.6) is 11.5 Å². The van der Waals surface area contributed by atoms with E-state index in [9.17, 15) is 19.7 Å². The Balaban J connectivity index is 1.73. The highest BCUT2D eigenvalue weighted by Gasteiger charge is 2.24. The molecule has 4 rings (SSSR count). The van der Waals surface area contributed by atoms with Crippen molar-refractivity contribution in [2.45, 2.75) is 13.0 Å². The minimum absolute atomic E-state index is 0.0713. The molecule has 0 spiro atoms. The van der Waals surface area contributed by atoms with Crippen LogP contribution in [-0.2, 0) is 9.59 Å². The first kappa shape index (κ1) is 23.4. The van der Waals surface area contributed by atoms with Crippen LogP contribution in [0.4, 0.5) is 5.69 Å². The molecule has 0 saturated carbocycles. The topological polar surface area (TPSA) is 108 Å². The molecule has 1 atom stereocenters. The second-order valence-corrected chi connectivity index (χ2v) is 7.76. The van der Waals surface area contributed by atoms with E-state index in [-0.39, 0.29) is 24.0 Å². The summed E-state index contributed by atoms with van der Waals surface area (Å²) in [4.78, 5) is 35.4. The number of ether oxygens (including phenoxy) is 2. The summed E-state index contributed by atoms with van der Waals surface area (Å²) < 4.78 is 11.2. The zero-order valence-corrected chi connectivity index (χ0v) is 18.8. The predicted molar refractivity (Wildman–Crippen MR) is 130 cm³/mol. The number of nitrogens with one attached hydrogen (secondary N) is 1. The second kappa shape index (κ2) is 10.5. The van der Waals surface area contributed by atoms with Crippen molar-refractivity contribution in [1.82, 2.24) is 5.32 Å². The van der Waals surface area contributed by atoms with Crippen LogP contribution in [-0.4, -0.2) is 23.4 Å². The Kier molecular flexibility index (Phi) is 7.02. The number of hydrogen-bond acceptors (Lipinski definition) is 6. The van der Waals surface area contributed by atoms with Gasteiger partial charge in [0.25, 0.3) is 5.69 Å². The van der Waals surface area contributed by atoms with Crippen LogP contribution in [0.25, 0.3) is 10.8 Å². The monoisotopic (exact) mass is 470 g/mol. The number of amides is 1. The van der Waals surface area contributed by atoms with Crippen molar-refractivity contribution in [3.05, 3.63) is 112 Å². The Morgan fingerprint density at radius 1 is 0.914 bits per heavy atom. The smallest absolute Gasteiger partial charge is 0.349 e. The van der Waals surface area contributed by atoms with Gasteiger partial charge in [-0.1, -0.05) is 48.5 Å². The molecule has 0 aliphatic rings. The van der Waals surface area contributed by atoms with Crippen molar-refractivity contribution >= 4 is 28.3 Å². The lowest BCUT2D eigenvalue weighted by Crippen LogP contribution is -2.28. The molecule has 0 aromatic heterocycles. The maximum atomic E-state index is 12.7. The average molecular weight is 470 g/mol. The number of nitrogens with zero attached hydrogens (tertiary/aromatic N) is 1. The van der Waals surface area contributed by atoms with Crippen LogP contribution >= 0.6 is 0 Å². The molecule has 8 nitrogen and oxygen atoms in total. The van der Waals surface area contributed by atoms with Gasteiger partial charge in [-0.05, 0) is 46.7 Å². The highest BCUT2D eigenvalue weighted by Crippen LogP contribution is 2.37. The summed E-state index contributed by atoms with van der Waals surface area (Å²) in [7, 11) is 0. The maximum Gasteiger partial charge on any atom is 0.349 e. The molecule has 1 N–H and O–H groups in total. The van der Waals surface area contributed by atoms with Crippen molar-refractivity contribution in [3.8, 4) is 11.5 Å². The van der Waals surface area contributed by atoms with Crippen molar-refractivity contribution in [1.29, 1.82) is 0 Å². The molecule has 0 unspecified atom stereocenters. The average Bonchev–Trinajstić information content (AvgIpc) is 2.87. The van der Waals surface area contributed by atoms with Crippen molar-refractivity contribution in [2.75, 3.05) is 6.61 Å². The molecule has 4 aromatic rings. The first-order valence-corrected chi connectivity index (χ1v) is 10.8. The van der Waals surface area contributed by atoms with Gasteiger partial charge in [-0.15, -0.1) is 0 Å². The van der Waals surface area contributed by atoms with Gasteiger partial charge in [0.2, 0.25) is 5.91 Å². The quantitative estimate of drug-likeness (QED) is 0.169. The molecule has 35 heavy (non-hydrogen) atoms. The van der Waals surface area contributed by atoms with Crippen LogP contribution in [0, 0.1) is 10.1 Å². The number of carbonyl (C=O) groups excluding carboxylic acids is 2. The molecule has 8 heteroatoms. The number of esters is 1. The molecule has 176 valence electrons. The Hall–Kier alpha value is -4.72. The molecule has 1 amide bonds. The molecule has 0 bridgehead atoms. The zero-order valence-electron chi connectivity index (χ0n) is 18.8. The summed E-state index contributed by atoms with van der Waals surface area (Å²) in [6.07, 6.45) is 0. The highest BCUT2D eigenvalue weighted by atomic mass is 16.6. The van der Waals surface area contributed by atoms with Crippen LogP contribution in [0.1, 0.15) is 24.1 Å². The van der Waals surface area contributed by atoms with Crippen molar-refractivity contribution < 1.29 is 24.0 Å². The minimum Gasteiger partial charge on any atom is -0.482 e. The van der Waals surface area contributed by atoms with Gasteiger partial charge in [-0.3, -0.25) is 14.9 Å². The van der Waals surface area contributed by atoms with E-state index < -0.39 is 16.9 Å². The molecule has 0 fully saturated rings. The van der Waals surface area contributed by atoms with E-state index in [0.29, 0.717) is 16.9 Å². The Labute approximate surface area is 201 Å². The van der Waals surface area contributed by atoms with Gasteiger partial charge in [0, 0.05) is 24.6 Å². The molecular weight excluding hydrogens is 448 g/mol. The molecule has 0 aliphatic heterocycles. The van der Waals surface area contributed by atoms with Crippen LogP contribution in [0.3, 0.4) is 0 Å². The Bertz CT molecular complexity index is 1370. The minimum atomic E-state index is -0.725. The van der Waals surface area contributed by atoms with Gasteiger partial charge in [-0.2, -0.15) is 0 Å². The van der Waals surface area contributed by atoms with Gasteiger partial charge < -0.3 is 14.8 Å². The van der Waals surface area contributed by atoms with Gasteiger partial charge in [-0.25, -0.2) is 4.79 Å². The lowest BCUT2D eigenvalue weighted by Gasteiger charge is -2.23. The third-order valence-corrected chi connectivity index (χ3v) is 5.33. The standard InChI is InChI=1S/C27H22N2O6/c1-18(30)28-27(20-11-14-21(15-12-20)29(32)33)26-23-10-6-5-7-19(23)13-16-24(26)35-25(31)17-34-22-8-3-2-4-9-22/h2-16,27H,17H2,1H3,(H,28,30)/t27-/m0/s1. The summed E-state index contributed by atoms with van der Waals surface area (Å²) in [6.45, 7) is 1.07. The third-order valence-electron chi connectivity index (χ3n) is 5.33.